The third-order valence-corrected chi connectivity index (χ3v) is 6.42. The number of likely N-dealkylation sites (tertiary alicyclic amines) is 1. The van der Waals surface area contributed by atoms with E-state index in [1.165, 1.54) is 5.56 Å². The maximum Gasteiger partial charge on any atom is 0.162 e. The molecule has 1 spiro atoms. The Bertz CT molecular complexity index is 673. The van der Waals surface area contributed by atoms with Gasteiger partial charge >= 0.3 is 0 Å². The van der Waals surface area contributed by atoms with Crippen molar-refractivity contribution < 1.29 is 14.2 Å². The predicted octanol–water partition coefficient (Wildman–Crippen LogP) is 2.27. The van der Waals surface area contributed by atoms with E-state index in [9.17, 15) is 0 Å². The summed E-state index contributed by atoms with van der Waals surface area (Å²) in [6, 6.07) is 6.89. The van der Waals surface area contributed by atoms with E-state index in [0.717, 1.165) is 37.5 Å². The molecule has 1 aromatic rings. The molecular weight excluding hydrogens is 290 g/mol. The molecule has 0 aromatic heterocycles. The quantitative estimate of drug-likeness (QED) is 0.744. The molecule has 0 radical (unpaired) electrons. The Labute approximate surface area is 137 Å². The smallest absolute Gasteiger partial charge is 0.162 e. The first-order valence-electron chi connectivity index (χ1n) is 8.55. The molecule has 3 aliphatic heterocycles. The van der Waals surface area contributed by atoms with E-state index >= 15 is 0 Å². The zero-order chi connectivity index (χ0) is 15.6. The zero-order valence-electron chi connectivity index (χ0n) is 13.7. The fourth-order valence-electron chi connectivity index (χ4n) is 5.11. The van der Waals surface area contributed by atoms with Crippen molar-refractivity contribution in [3.8, 4) is 11.5 Å². The highest BCUT2D eigenvalue weighted by Crippen LogP contribution is 2.54. The third-order valence-electron chi connectivity index (χ3n) is 6.42. The number of rotatable bonds is 1. The van der Waals surface area contributed by atoms with Gasteiger partial charge in [0, 0.05) is 17.4 Å². The molecule has 0 N–H and O–H groups in total. The topological polar surface area (TPSA) is 30.9 Å². The Hall–Kier alpha value is -1.52. The van der Waals surface area contributed by atoms with Gasteiger partial charge in [0.1, 0.15) is 12.2 Å². The summed E-state index contributed by atoms with van der Waals surface area (Å²) in [6.45, 7) is 1.92. The minimum Gasteiger partial charge on any atom is -0.493 e. The van der Waals surface area contributed by atoms with E-state index in [2.05, 4.69) is 36.2 Å². The van der Waals surface area contributed by atoms with Crippen molar-refractivity contribution in [1.82, 2.24) is 4.90 Å². The first-order chi connectivity index (χ1) is 11.2. The lowest BCUT2D eigenvalue weighted by molar-refractivity contribution is -0.0403. The zero-order valence-corrected chi connectivity index (χ0v) is 13.7. The molecule has 1 aliphatic carbocycles. The van der Waals surface area contributed by atoms with Crippen molar-refractivity contribution in [1.29, 1.82) is 0 Å². The molecule has 122 valence electrons. The second kappa shape index (κ2) is 4.74. The van der Waals surface area contributed by atoms with E-state index in [-0.39, 0.29) is 17.6 Å². The first kappa shape index (κ1) is 13.9. The summed E-state index contributed by atoms with van der Waals surface area (Å²) in [4.78, 5) is 2.52. The summed E-state index contributed by atoms with van der Waals surface area (Å²) in [6.07, 6.45) is 6.98. The minimum absolute atomic E-state index is 0.0711. The second-order valence-corrected chi connectivity index (χ2v) is 7.45. The fourth-order valence-corrected chi connectivity index (χ4v) is 5.11. The molecule has 2 fully saturated rings. The largest absolute Gasteiger partial charge is 0.493 e. The van der Waals surface area contributed by atoms with E-state index in [4.69, 9.17) is 14.2 Å². The van der Waals surface area contributed by atoms with Crippen LogP contribution >= 0.6 is 0 Å². The summed E-state index contributed by atoms with van der Waals surface area (Å²) in [5, 5.41) is 0. The molecule has 23 heavy (non-hydrogen) atoms. The standard InChI is InChI=1S/C19H23NO3/c1-20-8-7-19-11-22-16-6-4-13(19)14(20)9-12-3-5-15(21-2)17(10-12)23-18(16)19/h3-6,10,13-14,16,18H,7-9,11H2,1-2H3/t13-,14+,16-,18-,19+/m0/s1. The average Bonchev–Trinajstić information content (AvgIpc) is 2.77. The maximum atomic E-state index is 6.55. The summed E-state index contributed by atoms with van der Waals surface area (Å²) in [5.41, 5.74) is 1.43. The molecule has 0 amide bonds. The van der Waals surface area contributed by atoms with Crippen molar-refractivity contribution in [3.63, 3.8) is 0 Å². The van der Waals surface area contributed by atoms with Gasteiger partial charge in [-0.15, -0.1) is 0 Å². The second-order valence-electron chi connectivity index (χ2n) is 7.45. The van der Waals surface area contributed by atoms with Gasteiger partial charge in [0.25, 0.3) is 0 Å². The molecular formula is C19H23NO3. The Morgan fingerprint density at radius 2 is 2.22 bits per heavy atom. The molecule has 5 rings (SSSR count). The third kappa shape index (κ3) is 1.79. The van der Waals surface area contributed by atoms with Gasteiger partial charge in [-0.1, -0.05) is 18.2 Å². The van der Waals surface area contributed by atoms with Crippen molar-refractivity contribution >= 4 is 0 Å². The highest BCUT2D eigenvalue weighted by atomic mass is 16.6. The van der Waals surface area contributed by atoms with Crippen LogP contribution < -0.4 is 9.47 Å². The molecule has 0 saturated carbocycles. The van der Waals surface area contributed by atoms with Crippen LogP contribution in [-0.4, -0.2) is 50.5 Å². The number of ether oxygens (including phenoxy) is 3. The summed E-state index contributed by atoms with van der Waals surface area (Å²) in [7, 11) is 3.96. The highest BCUT2D eigenvalue weighted by Gasteiger charge is 2.60. The number of methoxy groups -OCH3 is 1. The molecule has 2 saturated heterocycles. The molecule has 3 heterocycles. The average molecular weight is 313 g/mol. The predicted molar refractivity (Wildman–Crippen MR) is 87.0 cm³/mol. The van der Waals surface area contributed by atoms with Crippen LogP contribution in [0.25, 0.3) is 0 Å². The number of fused-ring (bicyclic) bond motifs is 2. The van der Waals surface area contributed by atoms with Crippen LogP contribution in [0.5, 0.6) is 11.5 Å². The van der Waals surface area contributed by atoms with Gasteiger partial charge < -0.3 is 19.1 Å². The summed E-state index contributed by atoms with van der Waals surface area (Å²) >= 11 is 0. The molecule has 0 unspecified atom stereocenters. The van der Waals surface area contributed by atoms with E-state index in [1.807, 2.05) is 6.07 Å². The van der Waals surface area contributed by atoms with Crippen LogP contribution in [0.15, 0.2) is 30.4 Å². The van der Waals surface area contributed by atoms with E-state index in [1.54, 1.807) is 7.11 Å². The van der Waals surface area contributed by atoms with E-state index in [0.29, 0.717) is 12.0 Å². The van der Waals surface area contributed by atoms with Gasteiger partial charge in [-0.25, -0.2) is 0 Å². The van der Waals surface area contributed by atoms with Crippen LogP contribution in [0.2, 0.25) is 0 Å². The van der Waals surface area contributed by atoms with Crippen LogP contribution in [0, 0.1) is 11.3 Å². The van der Waals surface area contributed by atoms with Gasteiger partial charge in [-0.3, -0.25) is 0 Å². The normalized spacial score (nSPS) is 40.8. The van der Waals surface area contributed by atoms with Crippen LogP contribution in [-0.2, 0) is 11.2 Å². The lowest BCUT2D eigenvalue weighted by atomic mass is 9.61. The Balaban J connectivity index is 1.69. The Kier molecular flexibility index (Phi) is 2.86. The summed E-state index contributed by atoms with van der Waals surface area (Å²) in [5.74, 6) is 2.18. The molecule has 7 bridgehead atoms. The SMILES string of the molecule is COc1ccc2cc1O[C@H]1[C@@H]3C=C[C@H]4[C@@H](C2)N(C)CC[C@@]41CO3. The van der Waals surface area contributed by atoms with Crippen LogP contribution in [0.4, 0.5) is 0 Å². The minimum atomic E-state index is 0.0711. The monoisotopic (exact) mass is 313 g/mol. The van der Waals surface area contributed by atoms with Crippen molar-refractivity contribution in [2.45, 2.75) is 31.1 Å². The van der Waals surface area contributed by atoms with Crippen molar-refractivity contribution in [2.24, 2.45) is 11.3 Å². The maximum absolute atomic E-state index is 6.55. The van der Waals surface area contributed by atoms with E-state index < -0.39 is 0 Å². The number of benzene rings is 1. The fraction of sp³-hybridized carbons (Fsp3) is 0.579. The van der Waals surface area contributed by atoms with Gasteiger partial charge in [-0.05, 0) is 44.1 Å². The highest BCUT2D eigenvalue weighted by molar-refractivity contribution is 5.44. The van der Waals surface area contributed by atoms with Gasteiger partial charge in [0.05, 0.1) is 13.7 Å². The number of piperidine rings is 1. The van der Waals surface area contributed by atoms with Crippen molar-refractivity contribution in [2.75, 3.05) is 27.3 Å². The Morgan fingerprint density at radius 1 is 1.30 bits per heavy atom. The van der Waals surface area contributed by atoms with Gasteiger partial charge in [0.2, 0.25) is 0 Å². The molecule has 5 atom stereocenters. The van der Waals surface area contributed by atoms with Crippen molar-refractivity contribution in [3.05, 3.63) is 35.9 Å². The number of hydrogen-bond acceptors (Lipinski definition) is 4. The molecule has 4 aliphatic rings. The van der Waals surface area contributed by atoms with Gasteiger partial charge in [0.15, 0.2) is 11.5 Å². The number of likely N-dealkylation sites (N-methyl/N-ethyl adjacent to an activating group) is 1. The number of hydrogen-bond donors (Lipinski definition) is 0. The Morgan fingerprint density at radius 3 is 3.09 bits per heavy atom. The van der Waals surface area contributed by atoms with Gasteiger partial charge in [-0.2, -0.15) is 0 Å². The number of nitrogens with zero attached hydrogens (tertiary/aromatic N) is 1. The first-order valence-corrected chi connectivity index (χ1v) is 8.55. The lowest BCUT2D eigenvalue weighted by Gasteiger charge is -2.51. The molecule has 1 aromatic carbocycles. The molecule has 4 nitrogen and oxygen atoms in total. The lowest BCUT2D eigenvalue weighted by Crippen LogP contribution is -2.59. The van der Waals surface area contributed by atoms with Crippen LogP contribution in [0.1, 0.15) is 12.0 Å². The molecule has 4 heteroatoms. The summed E-state index contributed by atoms with van der Waals surface area (Å²) < 4.78 is 18.2. The van der Waals surface area contributed by atoms with Crippen LogP contribution in [0.3, 0.4) is 0 Å².